The smallest absolute Gasteiger partial charge is 0.0123 e. The van der Waals surface area contributed by atoms with E-state index < -0.39 is 0 Å². The van der Waals surface area contributed by atoms with Gasteiger partial charge in [-0.05, 0) is 53.2 Å². The molecule has 0 heteroatoms. The van der Waals surface area contributed by atoms with E-state index >= 15 is 0 Å². The third-order valence-corrected chi connectivity index (χ3v) is 5.67. The van der Waals surface area contributed by atoms with Gasteiger partial charge in [0.05, 0.1) is 0 Å². The normalized spacial score (nSPS) is 24.6. The lowest BCUT2D eigenvalue weighted by Gasteiger charge is -2.38. The Bertz CT molecular complexity index is 665. The van der Waals surface area contributed by atoms with E-state index in [-0.39, 0.29) is 0 Å². The van der Waals surface area contributed by atoms with E-state index in [4.69, 9.17) is 0 Å². The molecule has 0 bridgehead atoms. The van der Waals surface area contributed by atoms with Crippen molar-refractivity contribution in [3.05, 3.63) is 71.3 Å². The van der Waals surface area contributed by atoms with Gasteiger partial charge >= 0.3 is 0 Å². The van der Waals surface area contributed by atoms with Gasteiger partial charge in [-0.3, -0.25) is 0 Å². The number of rotatable bonds is 4. The van der Waals surface area contributed by atoms with Crippen LogP contribution in [0, 0.1) is 17.8 Å². The largest absolute Gasteiger partial charge is 0.0625 e. The summed E-state index contributed by atoms with van der Waals surface area (Å²) in [7, 11) is 0. The van der Waals surface area contributed by atoms with E-state index in [1.54, 1.807) is 5.56 Å². The minimum atomic E-state index is 0.699. The lowest BCUT2D eigenvalue weighted by molar-refractivity contribution is 0.197. The molecule has 0 heterocycles. The van der Waals surface area contributed by atoms with E-state index in [1.807, 2.05) is 0 Å². The fourth-order valence-corrected chi connectivity index (χ4v) is 4.31. The first-order valence-electron chi connectivity index (χ1n) is 9.47. The molecular weight excluding hydrogens is 288 g/mol. The summed E-state index contributed by atoms with van der Waals surface area (Å²) < 4.78 is 0. The van der Waals surface area contributed by atoms with E-state index in [0.717, 1.165) is 17.8 Å². The maximum atomic E-state index is 2.42. The molecule has 3 unspecified atom stereocenters. The van der Waals surface area contributed by atoms with Crippen molar-refractivity contribution < 1.29 is 0 Å². The van der Waals surface area contributed by atoms with Crippen LogP contribution in [0.1, 0.15) is 62.6 Å². The Kier molecular flexibility index (Phi) is 5.56. The first-order chi connectivity index (χ1) is 11.6. The molecule has 0 radical (unpaired) electrons. The minimum absolute atomic E-state index is 0.699. The third kappa shape index (κ3) is 3.98. The van der Waals surface area contributed by atoms with Gasteiger partial charge in [-0.25, -0.2) is 0 Å². The molecule has 0 aliphatic heterocycles. The summed E-state index contributed by atoms with van der Waals surface area (Å²) in [5, 5.41) is 0. The molecule has 2 aromatic rings. The van der Waals surface area contributed by atoms with Crippen LogP contribution in [0.4, 0.5) is 0 Å². The van der Waals surface area contributed by atoms with Gasteiger partial charge in [0.2, 0.25) is 0 Å². The quantitative estimate of drug-likeness (QED) is 0.531. The Hall–Kier alpha value is -1.82. The summed E-state index contributed by atoms with van der Waals surface area (Å²) >= 11 is 0. The molecule has 1 fully saturated rings. The van der Waals surface area contributed by atoms with Gasteiger partial charge in [-0.1, -0.05) is 93.9 Å². The molecule has 1 aliphatic rings. The van der Waals surface area contributed by atoms with E-state index in [9.17, 15) is 0 Å². The molecule has 0 amide bonds. The second-order valence-electron chi connectivity index (χ2n) is 7.81. The zero-order valence-electron chi connectivity index (χ0n) is 15.3. The van der Waals surface area contributed by atoms with Gasteiger partial charge in [-0.2, -0.15) is 0 Å². The number of benzene rings is 2. The third-order valence-electron chi connectivity index (χ3n) is 5.67. The molecular formula is C24H30. The molecule has 24 heavy (non-hydrogen) atoms. The van der Waals surface area contributed by atoms with Crippen LogP contribution in [0.3, 0.4) is 0 Å². The Balaban J connectivity index is 1.91. The summed E-state index contributed by atoms with van der Waals surface area (Å²) in [6.45, 7) is 7.22. The molecule has 2 aromatic carbocycles. The summed E-state index contributed by atoms with van der Waals surface area (Å²) in [5.74, 6) is 3.11. The fourth-order valence-electron chi connectivity index (χ4n) is 4.31. The molecule has 0 nitrogen and oxygen atoms in total. The molecule has 0 spiro atoms. The van der Waals surface area contributed by atoms with E-state index in [2.05, 4.69) is 87.5 Å². The predicted molar refractivity (Wildman–Crippen MR) is 106 cm³/mol. The van der Waals surface area contributed by atoms with Gasteiger partial charge in [-0.15, -0.1) is 0 Å². The first-order valence-corrected chi connectivity index (χ1v) is 9.47. The van der Waals surface area contributed by atoms with Gasteiger partial charge < -0.3 is 0 Å². The summed E-state index contributed by atoms with van der Waals surface area (Å²) in [5.41, 5.74) is 4.21. The van der Waals surface area contributed by atoms with Crippen LogP contribution in [0.25, 0.3) is 12.2 Å². The average molecular weight is 319 g/mol. The van der Waals surface area contributed by atoms with Crippen molar-refractivity contribution >= 4 is 12.2 Å². The molecule has 0 aromatic heterocycles. The SMILES string of the molecule is CC1CCC(C(C)C)C(c2ccccc2/C=C/c2ccccc2)C1. The Morgan fingerprint density at radius 3 is 2.33 bits per heavy atom. The molecule has 0 saturated heterocycles. The molecule has 1 saturated carbocycles. The van der Waals surface area contributed by atoms with Crippen molar-refractivity contribution in [1.82, 2.24) is 0 Å². The maximum absolute atomic E-state index is 2.42. The lowest BCUT2D eigenvalue weighted by Crippen LogP contribution is -2.26. The van der Waals surface area contributed by atoms with Crippen molar-refractivity contribution in [3.8, 4) is 0 Å². The summed E-state index contributed by atoms with van der Waals surface area (Å²) in [4.78, 5) is 0. The minimum Gasteiger partial charge on any atom is -0.0625 e. The van der Waals surface area contributed by atoms with Crippen LogP contribution in [-0.4, -0.2) is 0 Å². The maximum Gasteiger partial charge on any atom is -0.0123 e. The highest BCUT2D eigenvalue weighted by atomic mass is 14.4. The zero-order valence-corrected chi connectivity index (χ0v) is 15.3. The predicted octanol–water partition coefficient (Wildman–Crippen LogP) is 7.03. The first kappa shape index (κ1) is 17.0. The van der Waals surface area contributed by atoms with E-state index in [1.165, 1.54) is 30.4 Å². The van der Waals surface area contributed by atoms with Crippen LogP contribution >= 0.6 is 0 Å². The molecule has 126 valence electrons. The molecule has 3 atom stereocenters. The molecule has 0 N–H and O–H groups in total. The monoisotopic (exact) mass is 318 g/mol. The van der Waals surface area contributed by atoms with Crippen molar-refractivity contribution in [2.24, 2.45) is 17.8 Å². The second kappa shape index (κ2) is 7.83. The number of hydrogen-bond donors (Lipinski definition) is 0. The van der Waals surface area contributed by atoms with Crippen LogP contribution in [0.5, 0.6) is 0 Å². The van der Waals surface area contributed by atoms with Gasteiger partial charge in [0.1, 0.15) is 0 Å². The standard InChI is InChI=1S/C24H30/c1-18(2)22-16-13-19(3)17-24(22)23-12-8-7-11-21(23)15-14-20-9-5-4-6-10-20/h4-12,14-15,18-19,22,24H,13,16-17H2,1-3H3/b15-14+. The fraction of sp³-hybridized carbons (Fsp3) is 0.417. The van der Waals surface area contributed by atoms with Crippen molar-refractivity contribution in [2.75, 3.05) is 0 Å². The highest BCUT2D eigenvalue weighted by molar-refractivity contribution is 5.71. The van der Waals surface area contributed by atoms with Crippen molar-refractivity contribution in [1.29, 1.82) is 0 Å². The highest BCUT2D eigenvalue weighted by Crippen LogP contribution is 2.45. The summed E-state index contributed by atoms with van der Waals surface area (Å²) in [6.07, 6.45) is 8.65. The number of hydrogen-bond acceptors (Lipinski definition) is 0. The Morgan fingerprint density at radius 2 is 1.58 bits per heavy atom. The van der Waals surface area contributed by atoms with E-state index in [0.29, 0.717) is 5.92 Å². The molecule has 3 rings (SSSR count). The van der Waals surface area contributed by atoms with Gasteiger partial charge in [0, 0.05) is 0 Å². The van der Waals surface area contributed by atoms with Gasteiger partial charge in [0.15, 0.2) is 0 Å². The lowest BCUT2D eigenvalue weighted by atomic mass is 9.67. The van der Waals surface area contributed by atoms with Crippen LogP contribution in [0.2, 0.25) is 0 Å². The van der Waals surface area contributed by atoms with Crippen molar-refractivity contribution in [2.45, 2.75) is 46.0 Å². The highest BCUT2D eigenvalue weighted by Gasteiger charge is 2.32. The molecule has 1 aliphatic carbocycles. The Labute approximate surface area is 147 Å². The second-order valence-corrected chi connectivity index (χ2v) is 7.81. The topological polar surface area (TPSA) is 0 Å². The van der Waals surface area contributed by atoms with Crippen LogP contribution in [-0.2, 0) is 0 Å². The van der Waals surface area contributed by atoms with Crippen molar-refractivity contribution in [3.63, 3.8) is 0 Å². The van der Waals surface area contributed by atoms with Crippen LogP contribution < -0.4 is 0 Å². The van der Waals surface area contributed by atoms with Gasteiger partial charge in [0.25, 0.3) is 0 Å². The zero-order chi connectivity index (χ0) is 16.9. The van der Waals surface area contributed by atoms with Crippen LogP contribution in [0.15, 0.2) is 54.6 Å². The average Bonchev–Trinajstić information content (AvgIpc) is 2.61. The Morgan fingerprint density at radius 1 is 0.875 bits per heavy atom. The summed E-state index contributed by atoms with van der Waals surface area (Å²) in [6, 6.07) is 19.6.